The number of likely N-dealkylation sites (N-methyl/N-ethyl adjacent to an activating group) is 2. The van der Waals surface area contributed by atoms with Gasteiger partial charge >= 0.3 is 5.97 Å². The molecule has 18 atom stereocenters. The minimum atomic E-state index is -1.13. The lowest BCUT2D eigenvalue weighted by Gasteiger charge is -2.37. The summed E-state index contributed by atoms with van der Waals surface area (Å²) in [6.07, 6.45) is 38.2. The number of carbonyl (C=O) groups is 12. The van der Waals surface area contributed by atoms with E-state index < -0.39 is 94.4 Å². The van der Waals surface area contributed by atoms with Gasteiger partial charge in [0, 0.05) is 99.1 Å². The van der Waals surface area contributed by atoms with Gasteiger partial charge in [-0.25, -0.2) is 0 Å². The van der Waals surface area contributed by atoms with Crippen LogP contribution in [0.3, 0.4) is 0 Å². The molecule has 11 N–H and O–H groups in total. The summed E-state index contributed by atoms with van der Waals surface area (Å²) in [5, 5.41) is 53.2. The Morgan fingerprint density at radius 1 is 0.393 bits per heavy atom. The average molecular weight is 2090 g/mol. The standard InChI is InChI=1S/C39H64N2O5.C38H62N2O5.C29H48N2O4.C9H17NO2.ClHN4.2ClH/c1-8-13-27(34(45)32(44)20-25-16-17-25)21-30(42)29-23-39(37(5,6)38(39)18-12-19-38)24-41(29)35(46)28(36(2,3)4)22-31(43)33(40-7)26-14-10-9-11-15-26;1-7-12-26(33(44)31(43)19-24-15-16-24)20-29(41)28-22-38(36(5,6)37(38)17-11-18-37)23-40(28)34(45)27(35(2,3)4)21-30(42)32(39)25-13-9-8-10-14-25;1-7-9-19(23(34)22(33)14-18-10-11-18)15-21(32)20-16-29(27(5,6)28(29)12-8-13-28)17-31(20)25(35)24(30)26(2,3)4;1-10-8(9(11)12)7-5-3-2-4-6-7;1-3-5-4-2;;/h25-29,33-34,40,45H,8-24H2,1-7H3;24-28,32-33,44H,7-23,39H2,1-6H3;18-20,23-24,34H,7-17,30H2,1-6H3;7-8,10H,2-6H2,1H3,(H,11,12);2H;2*1H/t27?,28-,29+,33+,34?,39-;26?,27-,28+,32+,33?,38-;19?,20-,23?,24+,29+;8-;;;/m1100.../s1. The Morgan fingerprint density at radius 3 is 0.903 bits per heavy atom. The second-order valence-corrected chi connectivity index (χ2v) is 53.3. The number of amides is 3. The Morgan fingerprint density at radius 2 is 0.676 bits per heavy atom. The minimum Gasteiger partial charge on any atom is -0.480 e. The van der Waals surface area contributed by atoms with Gasteiger partial charge in [-0.1, -0.05) is 226 Å². The number of Topliss-reactive ketones (excluding diaryl/α,β-unsaturated/α-hetero) is 8. The summed E-state index contributed by atoms with van der Waals surface area (Å²) in [6.45, 7) is 39.8. The highest BCUT2D eigenvalue weighted by Crippen LogP contribution is 2.91. The molecule has 12 aliphatic carbocycles. The maximum atomic E-state index is 14.9. The quantitative estimate of drug-likeness (QED) is 0.0202. The van der Waals surface area contributed by atoms with Crippen LogP contribution in [0, 0.1) is 136 Å². The van der Waals surface area contributed by atoms with Crippen LogP contribution in [-0.2, 0) is 57.5 Å². The van der Waals surface area contributed by atoms with E-state index in [9.17, 15) is 72.9 Å². The van der Waals surface area contributed by atoms with Crippen molar-refractivity contribution in [2.45, 2.75) is 487 Å². The summed E-state index contributed by atoms with van der Waals surface area (Å²) in [5.74, 6) is -1.71. The lowest BCUT2D eigenvalue weighted by atomic mass is 9.73. The molecular formula is C115H194Cl3N11O16. The average Bonchev–Trinajstić information content (AvgIpc) is 1.46. The molecule has 6 spiro atoms. The number of carboxylic acids is 1. The maximum Gasteiger partial charge on any atom is 0.320 e. The number of hydrogen-bond donors (Lipinski definition) is 9. The fourth-order valence-corrected chi connectivity index (χ4v) is 30.8. The number of hydrogen-bond acceptors (Lipinski definition) is 21. The van der Waals surface area contributed by atoms with Gasteiger partial charge in [0.05, 0.1) is 48.0 Å². The number of aliphatic carboxylic acids is 1. The number of aliphatic hydroxyl groups is 3. The van der Waals surface area contributed by atoms with Gasteiger partial charge in [-0.3, -0.25) is 57.5 Å². The highest BCUT2D eigenvalue weighted by Gasteiger charge is 2.88. The van der Waals surface area contributed by atoms with E-state index in [0.29, 0.717) is 107 Å². The molecule has 3 saturated heterocycles. The molecule has 145 heavy (non-hydrogen) atoms. The zero-order valence-corrected chi connectivity index (χ0v) is 95.1. The van der Waals surface area contributed by atoms with Crippen LogP contribution in [0.4, 0.5) is 0 Å². The number of nitrogens with one attached hydrogen (secondary N) is 3. The van der Waals surface area contributed by atoms with Crippen molar-refractivity contribution in [1.29, 1.82) is 5.53 Å². The molecule has 30 heteroatoms. The second-order valence-electron chi connectivity index (χ2n) is 53.2. The van der Waals surface area contributed by atoms with Gasteiger partial charge in [0.1, 0.15) is 24.4 Å². The van der Waals surface area contributed by atoms with Gasteiger partial charge < -0.3 is 57.2 Å². The molecule has 0 bridgehead atoms. The number of rotatable bonds is 43. The third kappa shape index (κ3) is 25.8. The van der Waals surface area contributed by atoms with E-state index in [2.05, 4.69) is 79.0 Å². The minimum absolute atomic E-state index is 0. The molecule has 3 aliphatic heterocycles. The van der Waals surface area contributed by atoms with Crippen LogP contribution in [0.15, 0.2) is 15.1 Å². The van der Waals surface area contributed by atoms with Crippen molar-refractivity contribution >= 4 is 107 Å². The largest absolute Gasteiger partial charge is 0.480 e. The number of likely N-dealkylation sites (tertiary alicyclic amines) is 3. The van der Waals surface area contributed by atoms with E-state index >= 15 is 0 Å². The molecule has 0 aromatic rings. The molecular weight excluding hydrogens is 1900 g/mol. The first-order valence-corrected chi connectivity index (χ1v) is 57.1. The smallest absolute Gasteiger partial charge is 0.320 e. The van der Waals surface area contributed by atoms with Crippen molar-refractivity contribution in [3.8, 4) is 0 Å². The van der Waals surface area contributed by atoms with Gasteiger partial charge in [0.25, 0.3) is 0 Å². The summed E-state index contributed by atoms with van der Waals surface area (Å²) in [5.41, 5.74) is 18.0. The van der Waals surface area contributed by atoms with Gasteiger partial charge in [-0.15, -0.1) is 24.8 Å². The van der Waals surface area contributed by atoms with Crippen LogP contribution in [0.5, 0.6) is 0 Å². The fraction of sp³-hybridized carbons (Fsp3) is 0.896. The third-order valence-corrected chi connectivity index (χ3v) is 41.5. The number of carbonyl (C=O) groups excluding carboxylic acids is 11. The van der Waals surface area contributed by atoms with E-state index in [0.717, 1.165) is 148 Å². The van der Waals surface area contributed by atoms with E-state index in [1.54, 1.807) is 11.9 Å². The van der Waals surface area contributed by atoms with Crippen molar-refractivity contribution in [2.24, 2.45) is 157 Å². The first-order chi connectivity index (χ1) is 67.1. The number of halogens is 3. The van der Waals surface area contributed by atoms with E-state index in [1.165, 1.54) is 64.2 Å². The van der Waals surface area contributed by atoms with Gasteiger partial charge in [0.15, 0.2) is 46.3 Å². The number of aliphatic hydroxyl groups excluding tert-OH is 3. The highest BCUT2D eigenvalue weighted by atomic mass is 35.5. The SMILES string of the molecule is CCCC(CC(=O)[C@@H]1C[C@@]2(CN1C(=O)[C@@H](CC(=O)[C@@H](N)C1CCCCC1)C(C)(C)C)C(C)(C)C21CCC1)C(O)C(=O)CC1CC1.CCCC(CC(=O)[C@@H]1C[C@@]2(CN1C(=O)[C@@H](CC(=O)[C@@H](NC)C1CCCCC1)C(C)(C)C)C(C)(C)C21CCC1)C(O)C(=O)CC1CC1.CCCC(CC(=O)[C@@H]1C[C@@]2(CN1C(=O)[C@@H](N)C(C)(C)C)C(C)(C)C21CCC1)C(O)C(=O)CC1CC1.CN[C@H](C(=O)O)C1CCCCC1.Cl.Cl.N=NN=NCl. The van der Waals surface area contributed by atoms with E-state index in [-0.39, 0.29) is 194 Å². The van der Waals surface area contributed by atoms with Crippen LogP contribution in [0.25, 0.3) is 0 Å². The molecule has 27 nitrogen and oxygen atoms in total. The summed E-state index contributed by atoms with van der Waals surface area (Å²) in [7, 11) is 3.60. The predicted octanol–water partition coefficient (Wildman–Crippen LogP) is 21.0. The van der Waals surface area contributed by atoms with Crippen LogP contribution in [0.2, 0.25) is 0 Å². The molecule has 3 heterocycles. The Labute approximate surface area is 887 Å². The van der Waals surface area contributed by atoms with Crippen molar-refractivity contribution in [3.05, 3.63) is 0 Å². The normalized spacial score (nSPS) is 28.4. The Bertz CT molecular complexity index is 4480. The number of ketones is 8. The molecule has 15 rings (SSSR count). The van der Waals surface area contributed by atoms with Crippen molar-refractivity contribution in [2.75, 3.05) is 33.7 Å². The zero-order chi connectivity index (χ0) is 106. The maximum absolute atomic E-state index is 14.9. The van der Waals surface area contributed by atoms with Crippen LogP contribution in [-0.4, -0.2) is 199 Å². The topological polar surface area (TPSA) is 433 Å². The summed E-state index contributed by atoms with van der Waals surface area (Å²) in [4.78, 5) is 168. The van der Waals surface area contributed by atoms with Gasteiger partial charge in [0.2, 0.25) is 17.7 Å². The Balaban J connectivity index is 0.000000223. The third-order valence-electron chi connectivity index (χ3n) is 41.4. The molecule has 0 aromatic heterocycles. The Kier molecular flexibility index (Phi) is 42.6. The molecule has 15 aliphatic rings. The van der Waals surface area contributed by atoms with E-state index in [1.807, 2.05) is 99.9 Å². The summed E-state index contributed by atoms with van der Waals surface area (Å²) in [6, 6.07) is -3.47. The Hall–Kier alpha value is -4.97. The monoisotopic (exact) mass is 2090 g/mol. The number of nitrogens with two attached hydrogens (primary N) is 2. The molecule has 3 amide bonds. The van der Waals surface area contributed by atoms with E-state index in [4.69, 9.17) is 22.1 Å². The van der Waals surface area contributed by atoms with Crippen LogP contribution in [0.1, 0.15) is 426 Å². The zero-order valence-electron chi connectivity index (χ0n) is 92.7. The second kappa shape index (κ2) is 50.1. The van der Waals surface area contributed by atoms with Crippen molar-refractivity contribution in [3.63, 3.8) is 0 Å². The lowest BCUT2D eigenvalue weighted by Crippen LogP contribution is -2.53. The molecule has 0 radical (unpaired) electrons. The summed E-state index contributed by atoms with van der Waals surface area (Å²) < 4.78 is 2.60. The van der Waals surface area contributed by atoms with Crippen molar-refractivity contribution in [1.82, 2.24) is 25.3 Å². The number of nitrogens with zero attached hydrogens (tertiary/aromatic N) is 6. The molecule has 6 unspecified atom stereocenters. The lowest BCUT2D eigenvalue weighted by molar-refractivity contribution is -0.147. The van der Waals surface area contributed by atoms with Gasteiger partial charge in [-0.05, 0) is 281 Å². The fourth-order valence-electron chi connectivity index (χ4n) is 30.8. The number of carboxylic acid groups (broad SMARTS) is 1. The predicted molar refractivity (Wildman–Crippen MR) is 571 cm³/mol. The number of fused-ring (bicyclic) bond motifs is 3. The first-order valence-electron chi connectivity index (χ1n) is 56.8. The molecule has 15 fully saturated rings. The van der Waals surface area contributed by atoms with Gasteiger partial charge in [-0.2, -0.15) is 5.53 Å². The van der Waals surface area contributed by atoms with Crippen LogP contribution < -0.4 is 22.1 Å². The summed E-state index contributed by atoms with van der Waals surface area (Å²) >= 11 is 4.55. The molecule has 826 valence electrons. The van der Waals surface area contributed by atoms with Crippen molar-refractivity contribution < 1.29 is 78.0 Å². The van der Waals surface area contributed by atoms with Crippen LogP contribution >= 0.6 is 36.6 Å². The molecule has 12 saturated carbocycles. The highest BCUT2D eigenvalue weighted by molar-refractivity contribution is 6.13. The molecule has 0 aromatic carbocycles. The first kappa shape index (κ1) is 124.